The fourth-order valence-corrected chi connectivity index (χ4v) is 2.63. The third-order valence-corrected chi connectivity index (χ3v) is 3.82. The molecular weight excluding hydrogens is 240 g/mol. The van der Waals surface area contributed by atoms with E-state index < -0.39 is 0 Å². The van der Waals surface area contributed by atoms with Crippen LogP contribution in [0.5, 0.6) is 0 Å². The third-order valence-electron chi connectivity index (χ3n) is 3.82. The highest BCUT2D eigenvalue weighted by atomic mass is 16.2. The van der Waals surface area contributed by atoms with Crippen molar-refractivity contribution in [2.45, 2.75) is 71.4 Å². The molecule has 1 aromatic heterocycles. The quantitative estimate of drug-likeness (QED) is 0.847. The Balaban J connectivity index is 2.21. The summed E-state index contributed by atoms with van der Waals surface area (Å²) in [5.41, 5.74) is -0.120. The number of rotatable bonds is 1. The number of hydrogen-bond donors (Lipinski definition) is 1. The van der Waals surface area contributed by atoms with Crippen molar-refractivity contribution in [3.63, 3.8) is 0 Å². The molecule has 0 bridgehead atoms. The van der Waals surface area contributed by atoms with E-state index in [1.165, 1.54) is 6.42 Å². The van der Waals surface area contributed by atoms with Gasteiger partial charge < -0.3 is 4.90 Å². The zero-order valence-corrected chi connectivity index (χ0v) is 12.5. The number of amides is 1. The van der Waals surface area contributed by atoms with Gasteiger partial charge in [-0.2, -0.15) is 0 Å². The van der Waals surface area contributed by atoms with Crippen molar-refractivity contribution in [3.8, 4) is 0 Å². The van der Waals surface area contributed by atoms with Gasteiger partial charge in [-0.15, -0.1) is 5.10 Å². The topological polar surface area (TPSA) is 61.9 Å². The minimum atomic E-state index is -0.120. The van der Waals surface area contributed by atoms with Crippen molar-refractivity contribution in [3.05, 3.63) is 11.6 Å². The van der Waals surface area contributed by atoms with E-state index in [4.69, 9.17) is 0 Å². The number of carbonyl (C=O) groups is 1. The first-order valence-electron chi connectivity index (χ1n) is 7.06. The molecule has 2 rings (SSSR count). The van der Waals surface area contributed by atoms with Gasteiger partial charge in [0, 0.05) is 17.5 Å². The van der Waals surface area contributed by atoms with E-state index in [9.17, 15) is 4.79 Å². The van der Waals surface area contributed by atoms with Crippen LogP contribution in [0.2, 0.25) is 0 Å². The number of H-pyrrole nitrogens is 1. The van der Waals surface area contributed by atoms with Gasteiger partial charge in [-0.05, 0) is 33.1 Å². The molecule has 1 saturated heterocycles. The molecule has 0 radical (unpaired) electrons. The summed E-state index contributed by atoms with van der Waals surface area (Å²) in [5, 5.41) is 6.99. The van der Waals surface area contributed by atoms with Gasteiger partial charge in [0.2, 0.25) is 5.82 Å². The lowest BCUT2D eigenvalue weighted by atomic mass is 9.96. The summed E-state index contributed by atoms with van der Waals surface area (Å²) in [4.78, 5) is 18.8. The molecule has 0 unspecified atom stereocenters. The molecule has 1 N–H and O–H groups in total. The van der Waals surface area contributed by atoms with Crippen molar-refractivity contribution < 1.29 is 4.79 Å². The summed E-state index contributed by atoms with van der Waals surface area (Å²) < 4.78 is 0. The minimum Gasteiger partial charge on any atom is -0.330 e. The van der Waals surface area contributed by atoms with Gasteiger partial charge in [-0.25, -0.2) is 4.98 Å². The van der Waals surface area contributed by atoms with Gasteiger partial charge in [-0.3, -0.25) is 9.89 Å². The van der Waals surface area contributed by atoms with Crippen LogP contribution in [0.4, 0.5) is 0 Å². The Morgan fingerprint density at radius 3 is 2.32 bits per heavy atom. The summed E-state index contributed by atoms with van der Waals surface area (Å²) in [6.45, 7) is 10.4. The molecular formula is C14H24N4O. The summed E-state index contributed by atoms with van der Waals surface area (Å²) >= 11 is 0. The lowest BCUT2D eigenvalue weighted by Crippen LogP contribution is -2.47. The van der Waals surface area contributed by atoms with Crippen LogP contribution in [0.1, 0.15) is 70.3 Å². The van der Waals surface area contributed by atoms with Crippen LogP contribution in [-0.2, 0) is 5.41 Å². The normalized spacial score (nSPS) is 24.6. The number of hydrogen-bond acceptors (Lipinski definition) is 3. The minimum absolute atomic E-state index is 0.0496. The predicted molar refractivity (Wildman–Crippen MR) is 74.0 cm³/mol. The number of aromatic nitrogens is 3. The fourth-order valence-electron chi connectivity index (χ4n) is 2.63. The van der Waals surface area contributed by atoms with Crippen molar-refractivity contribution >= 4 is 5.91 Å². The van der Waals surface area contributed by atoms with Gasteiger partial charge in [0.05, 0.1) is 0 Å². The van der Waals surface area contributed by atoms with E-state index in [0.29, 0.717) is 5.82 Å². The van der Waals surface area contributed by atoms with Gasteiger partial charge in [-0.1, -0.05) is 20.8 Å². The van der Waals surface area contributed by atoms with E-state index in [0.717, 1.165) is 18.7 Å². The van der Waals surface area contributed by atoms with E-state index in [2.05, 4.69) is 29.0 Å². The van der Waals surface area contributed by atoms with Crippen LogP contribution in [0.15, 0.2) is 0 Å². The van der Waals surface area contributed by atoms with Gasteiger partial charge in [0.15, 0.2) is 0 Å². The Bertz CT molecular complexity index is 450. The summed E-state index contributed by atoms with van der Waals surface area (Å²) in [6.07, 6.45) is 3.31. The zero-order chi connectivity index (χ0) is 14.2. The third kappa shape index (κ3) is 2.80. The lowest BCUT2D eigenvalue weighted by Gasteiger charge is -2.38. The van der Waals surface area contributed by atoms with E-state index in [-0.39, 0.29) is 23.4 Å². The largest absolute Gasteiger partial charge is 0.330 e. The van der Waals surface area contributed by atoms with Crippen LogP contribution in [0, 0.1) is 0 Å². The second kappa shape index (κ2) is 4.94. The Morgan fingerprint density at radius 2 is 1.84 bits per heavy atom. The monoisotopic (exact) mass is 264 g/mol. The van der Waals surface area contributed by atoms with Crippen molar-refractivity contribution in [2.75, 3.05) is 0 Å². The molecule has 19 heavy (non-hydrogen) atoms. The second-order valence-corrected chi connectivity index (χ2v) is 6.60. The SMILES string of the molecule is C[C@@H]1CCC[C@H](C)N1C(=O)c1n[nH]c(C(C)(C)C)n1. The van der Waals surface area contributed by atoms with E-state index in [1.54, 1.807) is 0 Å². The van der Waals surface area contributed by atoms with Crippen LogP contribution in [0.25, 0.3) is 0 Å². The smallest absolute Gasteiger partial charge is 0.294 e. The summed E-state index contributed by atoms with van der Waals surface area (Å²) in [5.74, 6) is 1.00. The molecule has 2 heterocycles. The maximum atomic E-state index is 12.5. The average Bonchev–Trinajstić information content (AvgIpc) is 2.77. The standard InChI is InChI=1S/C14H24N4O/c1-9-7-6-8-10(2)18(9)12(19)11-15-13(17-16-11)14(3,4)5/h9-10H,6-8H2,1-5H3,(H,15,16,17)/t9-,10+. The molecule has 2 atom stereocenters. The Labute approximate surface area is 114 Å². The highest BCUT2D eigenvalue weighted by Crippen LogP contribution is 2.24. The molecule has 1 aliphatic heterocycles. The van der Waals surface area contributed by atoms with E-state index >= 15 is 0 Å². The van der Waals surface area contributed by atoms with Crippen LogP contribution >= 0.6 is 0 Å². The van der Waals surface area contributed by atoms with Crippen LogP contribution in [0.3, 0.4) is 0 Å². The first kappa shape index (κ1) is 14.0. The Kier molecular flexibility index (Phi) is 3.65. The molecule has 1 amide bonds. The number of nitrogens with one attached hydrogen (secondary N) is 1. The highest BCUT2D eigenvalue weighted by Gasteiger charge is 2.32. The Morgan fingerprint density at radius 1 is 1.26 bits per heavy atom. The molecule has 5 heteroatoms. The second-order valence-electron chi connectivity index (χ2n) is 6.60. The molecule has 1 aliphatic rings. The lowest BCUT2D eigenvalue weighted by molar-refractivity contribution is 0.0498. The number of likely N-dealkylation sites (tertiary alicyclic amines) is 1. The Hall–Kier alpha value is -1.39. The number of carbonyl (C=O) groups excluding carboxylic acids is 1. The molecule has 0 aromatic carbocycles. The molecule has 0 spiro atoms. The molecule has 0 saturated carbocycles. The van der Waals surface area contributed by atoms with Crippen LogP contribution < -0.4 is 0 Å². The zero-order valence-electron chi connectivity index (χ0n) is 12.5. The summed E-state index contributed by atoms with van der Waals surface area (Å²) in [7, 11) is 0. The first-order valence-corrected chi connectivity index (χ1v) is 7.06. The number of nitrogens with zero attached hydrogens (tertiary/aromatic N) is 3. The first-order chi connectivity index (χ1) is 8.80. The van der Waals surface area contributed by atoms with Crippen LogP contribution in [-0.4, -0.2) is 38.1 Å². The molecule has 1 fully saturated rings. The van der Waals surface area contributed by atoms with Crippen molar-refractivity contribution in [1.82, 2.24) is 20.1 Å². The number of piperidine rings is 1. The van der Waals surface area contributed by atoms with Gasteiger partial charge in [0.25, 0.3) is 5.91 Å². The molecule has 0 aliphatic carbocycles. The molecule has 1 aromatic rings. The summed E-state index contributed by atoms with van der Waals surface area (Å²) in [6, 6.07) is 0.542. The van der Waals surface area contributed by atoms with E-state index in [1.807, 2.05) is 25.7 Å². The molecule has 106 valence electrons. The maximum absolute atomic E-state index is 12.5. The van der Waals surface area contributed by atoms with Crippen molar-refractivity contribution in [2.24, 2.45) is 0 Å². The number of aromatic amines is 1. The van der Waals surface area contributed by atoms with Gasteiger partial charge >= 0.3 is 0 Å². The maximum Gasteiger partial charge on any atom is 0.294 e. The molecule has 5 nitrogen and oxygen atoms in total. The fraction of sp³-hybridized carbons (Fsp3) is 0.786. The van der Waals surface area contributed by atoms with Crippen molar-refractivity contribution in [1.29, 1.82) is 0 Å². The average molecular weight is 264 g/mol. The van der Waals surface area contributed by atoms with Gasteiger partial charge in [0.1, 0.15) is 5.82 Å². The highest BCUT2D eigenvalue weighted by molar-refractivity contribution is 5.91. The predicted octanol–water partition coefficient (Wildman–Crippen LogP) is 2.51.